The molecule has 0 amide bonds. The van der Waals surface area contributed by atoms with Gasteiger partial charge in [-0.2, -0.15) is 0 Å². The normalized spacial score (nSPS) is 26.4. The van der Waals surface area contributed by atoms with Crippen molar-refractivity contribution in [3.63, 3.8) is 0 Å². The molecule has 1 aliphatic rings. The van der Waals surface area contributed by atoms with Crippen molar-refractivity contribution >= 4 is 0 Å². The largest absolute Gasteiger partial charge is 0.0651 e. The molecule has 0 aromatic heterocycles. The molecule has 0 heteroatoms. The minimum atomic E-state index is 0.868. The van der Waals surface area contributed by atoms with Crippen molar-refractivity contribution in [1.82, 2.24) is 0 Å². The maximum atomic E-state index is 2.58. The van der Waals surface area contributed by atoms with Crippen molar-refractivity contribution in [2.75, 3.05) is 0 Å². The Morgan fingerprint density at radius 3 is 1.89 bits per heavy atom. The van der Waals surface area contributed by atoms with E-state index in [2.05, 4.69) is 62.3 Å². The quantitative estimate of drug-likeness (QED) is 0.276. The summed E-state index contributed by atoms with van der Waals surface area (Å²) in [5, 5.41) is 0. The van der Waals surface area contributed by atoms with Crippen LogP contribution in [0.5, 0.6) is 0 Å². The maximum absolute atomic E-state index is 2.58. The van der Waals surface area contributed by atoms with Crippen LogP contribution in [0.25, 0.3) is 0 Å². The molecule has 0 nitrogen and oxygen atoms in total. The lowest BCUT2D eigenvalue weighted by molar-refractivity contribution is 0.196. The van der Waals surface area contributed by atoms with Crippen molar-refractivity contribution in [3.05, 3.63) is 0 Å². The van der Waals surface area contributed by atoms with Gasteiger partial charge < -0.3 is 0 Å². The first kappa shape index (κ1) is 26.0. The van der Waals surface area contributed by atoms with Gasteiger partial charge in [-0.15, -0.1) is 0 Å². The molecule has 0 aliphatic heterocycles. The van der Waals surface area contributed by atoms with Crippen LogP contribution in [0, 0.1) is 53.3 Å². The van der Waals surface area contributed by atoms with Gasteiger partial charge in [0, 0.05) is 0 Å². The predicted octanol–water partition coefficient (Wildman–Crippen LogP) is 9.63. The number of hydrogen-bond donors (Lipinski definition) is 0. The van der Waals surface area contributed by atoms with Crippen LogP contribution >= 0.6 is 0 Å². The molecule has 1 rings (SSSR count). The van der Waals surface area contributed by atoms with Gasteiger partial charge in [0.15, 0.2) is 0 Å². The zero-order chi connectivity index (χ0) is 21.3. The summed E-state index contributed by atoms with van der Waals surface area (Å²) < 4.78 is 0. The Hall–Kier alpha value is 0. The van der Waals surface area contributed by atoms with Crippen molar-refractivity contribution in [3.8, 4) is 0 Å². The lowest BCUT2D eigenvalue weighted by Gasteiger charge is -2.31. The molecule has 0 aromatic rings. The topological polar surface area (TPSA) is 0 Å². The van der Waals surface area contributed by atoms with E-state index in [1.807, 2.05) is 0 Å². The minimum absolute atomic E-state index is 0.868. The van der Waals surface area contributed by atoms with E-state index < -0.39 is 0 Å². The smallest absolute Gasteiger partial charge is 0.0360 e. The molecule has 1 saturated carbocycles. The minimum Gasteiger partial charge on any atom is -0.0651 e. The molecular formula is C28H56. The highest BCUT2D eigenvalue weighted by molar-refractivity contribution is 4.88. The van der Waals surface area contributed by atoms with Gasteiger partial charge in [-0.3, -0.25) is 0 Å². The van der Waals surface area contributed by atoms with E-state index in [0.717, 1.165) is 53.3 Å². The second-order valence-electron chi connectivity index (χ2n) is 11.7. The highest BCUT2D eigenvalue weighted by Gasteiger charge is 2.38. The molecule has 28 heavy (non-hydrogen) atoms. The molecule has 168 valence electrons. The highest BCUT2D eigenvalue weighted by Crippen LogP contribution is 2.47. The van der Waals surface area contributed by atoms with E-state index in [1.165, 1.54) is 64.2 Å². The number of hydrogen-bond acceptors (Lipinski definition) is 0. The summed E-state index contributed by atoms with van der Waals surface area (Å²) >= 11 is 0. The van der Waals surface area contributed by atoms with E-state index in [9.17, 15) is 0 Å². The Morgan fingerprint density at radius 1 is 0.714 bits per heavy atom. The summed E-state index contributed by atoms with van der Waals surface area (Å²) in [4.78, 5) is 0. The maximum Gasteiger partial charge on any atom is -0.0360 e. The Balaban J connectivity index is 2.54. The summed E-state index contributed by atoms with van der Waals surface area (Å²) in [5.74, 6) is 8.40. The zero-order valence-electron chi connectivity index (χ0n) is 21.3. The fourth-order valence-corrected chi connectivity index (χ4v) is 6.13. The summed E-state index contributed by atoms with van der Waals surface area (Å²) in [7, 11) is 0. The fraction of sp³-hybridized carbons (Fsp3) is 1.00. The lowest BCUT2D eigenvalue weighted by Crippen LogP contribution is -2.21. The monoisotopic (exact) mass is 392 g/mol. The van der Waals surface area contributed by atoms with Gasteiger partial charge in [-0.1, -0.05) is 107 Å². The average Bonchev–Trinajstić information content (AvgIpc) is 3.06. The fourth-order valence-electron chi connectivity index (χ4n) is 6.13. The Labute approximate surface area is 180 Å². The second kappa shape index (κ2) is 13.3. The van der Waals surface area contributed by atoms with E-state index in [1.54, 1.807) is 0 Å². The molecule has 6 atom stereocenters. The van der Waals surface area contributed by atoms with Gasteiger partial charge in [0.2, 0.25) is 0 Å². The SMILES string of the molecule is CCC(CCCC(C)C)CCC(C)C(CC)CC1CC(C(C)C)CC1C(C)C. The van der Waals surface area contributed by atoms with E-state index in [0.29, 0.717) is 0 Å². The summed E-state index contributed by atoms with van der Waals surface area (Å²) in [5.41, 5.74) is 0. The molecule has 0 heterocycles. The van der Waals surface area contributed by atoms with Crippen LogP contribution in [0.2, 0.25) is 0 Å². The van der Waals surface area contributed by atoms with E-state index >= 15 is 0 Å². The van der Waals surface area contributed by atoms with Crippen LogP contribution in [0.15, 0.2) is 0 Å². The van der Waals surface area contributed by atoms with Gasteiger partial charge in [-0.05, 0) is 72.5 Å². The molecule has 0 radical (unpaired) electrons. The summed E-state index contributed by atoms with van der Waals surface area (Å²) in [6, 6.07) is 0. The van der Waals surface area contributed by atoms with Crippen molar-refractivity contribution in [2.24, 2.45) is 53.3 Å². The van der Waals surface area contributed by atoms with E-state index in [-0.39, 0.29) is 0 Å². The van der Waals surface area contributed by atoms with Crippen molar-refractivity contribution in [2.45, 2.75) is 127 Å². The van der Waals surface area contributed by atoms with Crippen molar-refractivity contribution in [1.29, 1.82) is 0 Å². The zero-order valence-corrected chi connectivity index (χ0v) is 21.3. The third kappa shape index (κ3) is 8.79. The molecule has 1 aliphatic carbocycles. The molecule has 1 fully saturated rings. The van der Waals surface area contributed by atoms with Crippen LogP contribution in [0.1, 0.15) is 127 Å². The van der Waals surface area contributed by atoms with Gasteiger partial charge in [0.05, 0.1) is 0 Å². The van der Waals surface area contributed by atoms with Crippen LogP contribution in [-0.2, 0) is 0 Å². The molecule has 0 N–H and O–H groups in total. The molecule has 0 aromatic carbocycles. The molecule has 0 spiro atoms. The first-order chi connectivity index (χ1) is 13.2. The molecule has 0 saturated heterocycles. The van der Waals surface area contributed by atoms with E-state index in [4.69, 9.17) is 0 Å². The Bertz CT molecular complexity index is 379. The number of rotatable bonds is 14. The third-order valence-corrected chi connectivity index (χ3v) is 8.52. The van der Waals surface area contributed by atoms with Crippen LogP contribution in [0.4, 0.5) is 0 Å². The lowest BCUT2D eigenvalue weighted by atomic mass is 9.75. The van der Waals surface area contributed by atoms with Crippen molar-refractivity contribution < 1.29 is 0 Å². The Kier molecular flexibility index (Phi) is 12.4. The van der Waals surface area contributed by atoms with Gasteiger partial charge in [0.25, 0.3) is 0 Å². The third-order valence-electron chi connectivity index (χ3n) is 8.52. The Morgan fingerprint density at radius 2 is 1.39 bits per heavy atom. The van der Waals surface area contributed by atoms with Gasteiger partial charge in [0.1, 0.15) is 0 Å². The standard InChI is InChI=1S/C28H56/c1-10-24(14-12-13-20(3)4)16-15-23(9)25(11-2)17-27-18-26(21(5)6)19-28(27)22(7)8/h20-28H,10-19H2,1-9H3. The second-order valence-corrected chi connectivity index (χ2v) is 11.7. The van der Waals surface area contributed by atoms with Gasteiger partial charge >= 0.3 is 0 Å². The van der Waals surface area contributed by atoms with Gasteiger partial charge in [-0.25, -0.2) is 0 Å². The summed E-state index contributed by atoms with van der Waals surface area (Å²) in [6.45, 7) is 22.1. The average molecular weight is 393 g/mol. The predicted molar refractivity (Wildman–Crippen MR) is 129 cm³/mol. The molecule has 6 unspecified atom stereocenters. The molecular weight excluding hydrogens is 336 g/mol. The first-order valence-corrected chi connectivity index (χ1v) is 13.2. The summed E-state index contributed by atoms with van der Waals surface area (Å²) in [6.07, 6.45) is 14.5. The van der Waals surface area contributed by atoms with Crippen LogP contribution in [-0.4, -0.2) is 0 Å². The van der Waals surface area contributed by atoms with Crippen LogP contribution in [0.3, 0.4) is 0 Å². The first-order valence-electron chi connectivity index (χ1n) is 13.2. The van der Waals surface area contributed by atoms with Crippen LogP contribution < -0.4 is 0 Å². The highest BCUT2D eigenvalue weighted by atomic mass is 14.4. The molecule has 0 bridgehead atoms.